The van der Waals surface area contributed by atoms with Crippen LogP contribution in [0.1, 0.15) is 181 Å². The van der Waals surface area contributed by atoms with Gasteiger partial charge < -0.3 is 14.2 Å². The number of ether oxygens (including phenoxy) is 3. The van der Waals surface area contributed by atoms with Crippen molar-refractivity contribution in [2.24, 2.45) is 0 Å². The summed E-state index contributed by atoms with van der Waals surface area (Å²) in [7, 11) is 0. The van der Waals surface area contributed by atoms with Gasteiger partial charge in [0.05, 0.1) is 0 Å². The lowest BCUT2D eigenvalue weighted by Gasteiger charge is -2.17. The van der Waals surface area contributed by atoms with E-state index < -0.39 is 18.0 Å². The van der Waals surface area contributed by atoms with Gasteiger partial charge in [0.15, 0.2) is 12.2 Å². The fourth-order valence-electron chi connectivity index (χ4n) is 5.19. The van der Waals surface area contributed by atoms with Crippen LogP contribution in [0, 0.1) is 11.3 Å². The van der Waals surface area contributed by atoms with E-state index in [0.717, 1.165) is 57.8 Å². The average molecular weight is 646 g/mol. The first-order valence-corrected chi connectivity index (χ1v) is 18.7. The Balaban J connectivity index is 3.98. The highest BCUT2D eigenvalue weighted by molar-refractivity contribution is 5.85. The summed E-state index contributed by atoms with van der Waals surface area (Å²) >= 11 is 0. The first kappa shape index (κ1) is 43.4. The summed E-state index contributed by atoms with van der Waals surface area (Å²) in [5.41, 5.74) is 0. The summed E-state index contributed by atoms with van der Waals surface area (Å²) in [6.45, 7) is 3.97. The number of carbonyl (C=O) groups is 3. The lowest BCUT2D eigenvalue weighted by Crippen LogP contribution is -2.30. The van der Waals surface area contributed by atoms with Gasteiger partial charge in [0.25, 0.3) is 0 Å². The monoisotopic (exact) mass is 645 g/mol. The smallest absolute Gasteiger partial charge is 0.411 e. The Morgan fingerprint density at radius 3 is 1.48 bits per heavy atom. The van der Waals surface area contributed by atoms with Gasteiger partial charge in [-0.05, 0) is 44.9 Å². The molecule has 0 saturated carbocycles. The lowest BCUT2D eigenvalue weighted by atomic mass is 10.0. The maximum absolute atomic E-state index is 12.4. The molecule has 0 aromatic heterocycles. The number of hydrogen-bond donors (Lipinski definition) is 0. The molecule has 0 heterocycles. The summed E-state index contributed by atoms with van der Waals surface area (Å²) < 4.78 is 15.6. The number of unbranched alkanes of at least 4 members (excludes halogenated alkanes) is 20. The highest BCUT2D eigenvalue weighted by Gasteiger charge is 2.19. The minimum Gasteiger partial charge on any atom is -0.462 e. The van der Waals surface area contributed by atoms with Crippen LogP contribution >= 0.6 is 0 Å². The average Bonchev–Trinajstić information content (AvgIpc) is 3.06. The second-order valence-electron chi connectivity index (χ2n) is 12.5. The van der Waals surface area contributed by atoms with E-state index in [9.17, 15) is 14.4 Å². The maximum atomic E-state index is 12.4. The third-order valence-corrected chi connectivity index (χ3v) is 8.04. The second kappa shape index (κ2) is 35.2. The van der Waals surface area contributed by atoms with Crippen LogP contribution in [-0.2, 0) is 28.6 Å². The molecule has 0 rings (SSSR count). The van der Waals surface area contributed by atoms with E-state index in [0.29, 0.717) is 12.8 Å². The molecule has 0 amide bonds. The minimum absolute atomic E-state index is 0.191. The Morgan fingerprint density at radius 2 is 0.957 bits per heavy atom. The third-order valence-electron chi connectivity index (χ3n) is 8.04. The van der Waals surface area contributed by atoms with Gasteiger partial charge >= 0.3 is 17.9 Å². The van der Waals surface area contributed by atoms with Crippen molar-refractivity contribution in [1.82, 2.24) is 0 Å². The SMILES string of the molecule is CCCCC/C=C\C/C=C\CCCCCCCC(=O)OC(COC(=O)C#N)COC(=O)CCCCCCCCCCCCCCC. The zero-order valence-electron chi connectivity index (χ0n) is 29.6. The van der Waals surface area contributed by atoms with Crippen LogP contribution in [0.3, 0.4) is 0 Å². The summed E-state index contributed by atoms with van der Waals surface area (Å²) in [4.78, 5) is 35.9. The fourth-order valence-corrected chi connectivity index (χ4v) is 5.19. The van der Waals surface area contributed by atoms with E-state index in [1.807, 2.05) is 0 Å². The van der Waals surface area contributed by atoms with Crippen LogP contribution in [0.4, 0.5) is 0 Å². The molecule has 0 aromatic carbocycles. The van der Waals surface area contributed by atoms with Gasteiger partial charge in [0, 0.05) is 12.8 Å². The number of hydrogen-bond acceptors (Lipinski definition) is 7. The van der Waals surface area contributed by atoms with Gasteiger partial charge in [-0.2, -0.15) is 5.26 Å². The molecule has 0 fully saturated rings. The molecule has 7 heteroatoms. The Kier molecular flexibility index (Phi) is 33.2. The number of rotatable bonds is 33. The van der Waals surface area contributed by atoms with E-state index in [1.54, 1.807) is 0 Å². The normalized spacial score (nSPS) is 11.9. The van der Waals surface area contributed by atoms with E-state index in [2.05, 4.69) is 38.2 Å². The molecule has 0 aliphatic rings. The largest absolute Gasteiger partial charge is 0.462 e. The van der Waals surface area contributed by atoms with Crippen molar-refractivity contribution >= 4 is 17.9 Å². The van der Waals surface area contributed by atoms with E-state index >= 15 is 0 Å². The van der Waals surface area contributed by atoms with Gasteiger partial charge in [-0.1, -0.05) is 147 Å². The Labute approximate surface area is 281 Å². The van der Waals surface area contributed by atoms with E-state index in [-0.39, 0.29) is 25.6 Å². The number of esters is 3. The van der Waals surface area contributed by atoms with Crippen LogP contribution in [0.5, 0.6) is 0 Å². The molecular formula is C39H67NO6. The van der Waals surface area contributed by atoms with Crippen LogP contribution in [0.2, 0.25) is 0 Å². The van der Waals surface area contributed by atoms with Crippen LogP contribution in [-0.4, -0.2) is 37.2 Å². The molecule has 0 aliphatic heterocycles. The van der Waals surface area contributed by atoms with Gasteiger partial charge in [0.1, 0.15) is 13.2 Å². The maximum Gasteiger partial charge on any atom is 0.411 e. The van der Waals surface area contributed by atoms with Crippen LogP contribution in [0.15, 0.2) is 24.3 Å². The van der Waals surface area contributed by atoms with Crippen LogP contribution in [0.25, 0.3) is 0 Å². The molecule has 264 valence electrons. The number of allylic oxidation sites excluding steroid dienone is 4. The molecule has 46 heavy (non-hydrogen) atoms. The molecule has 0 saturated heterocycles. The Bertz CT molecular complexity index is 831. The van der Waals surface area contributed by atoms with Crippen molar-refractivity contribution < 1.29 is 28.6 Å². The molecule has 1 atom stereocenters. The topological polar surface area (TPSA) is 103 Å². The lowest BCUT2D eigenvalue weighted by molar-refractivity contribution is -0.165. The number of nitrogens with zero attached hydrogens (tertiary/aromatic N) is 1. The molecule has 0 spiro atoms. The second-order valence-corrected chi connectivity index (χ2v) is 12.5. The molecule has 1 unspecified atom stereocenters. The first-order valence-electron chi connectivity index (χ1n) is 18.7. The Hall–Kier alpha value is -2.62. The summed E-state index contributed by atoms with van der Waals surface area (Å²) in [5.74, 6) is -1.84. The van der Waals surface area contributed by atoms with Crippen molar-refractivity contribution in [2.45, 2.75) is 187 Å². The van der Waals surface area contributed by atoms with Crippen molar-refractivity contribution in [2.75, 3.05) is 13.2 Å². The van der Waals surface area contributed by atoms with Crippen molar-refractivity contribution in [3.05, 3.63) is 24.3 Å². The number of nitriles is 1. The molecular weight excluding hydrogens is 578 g/mol. The number of carbonyl (C=O) groups excluding carboxylic acids is 3. The molecule has 7 nitrogen and oxygen atoms in total. The van der Waals surface area contributed by atoms with Gasteiger partial charge in [-0.25, -0.2) is 4.79 Å². The van der Waals surface area contributed by atoms with Crippen LogP contribution < -0.4 is 0 Å². The van der Waals surface area contributed by atoms with Gasteiger partial charge in [-0.15, -0.1) is 0 Å². The van der Waals surface area contributed by atoms with Crippen molar-refractivity contribution in [1.29, 1.82) is 5.26 Å². The van der Waals surface area contributed by atoms with E-state index in [1.165, 1.54) is 96.0 Å². The Morgan fingerprint density at radius 1 is 0.543 bits per heavy atom. The highest BCUT2D eigenvalue weighted by Crippen LogP contribution is 2.14. The van der Waals surface area contributed by atoms with E-state index in [4.69, 9.17) is 19.5 Å². The van der Waals surface area contributed by atoms with Gasteiger partial charge in [0.2, 0.25) is 0 Å². The van der Waals surface area contributed by atoms with Gasteiger partial charge in [-0.3, -0.25) is 9.59 Å². The molecule has 0 N–H and O–H groups in total. The highest BCUT2D eigenvalue weighted by atomic mass is 16.6. The first-order chi connectivity index (χ1) is 22.5. The predicted octanol–water partition coefficient (Wildman–Crippen LogP) is 10.8. The molecule has 0 aliphatic carbocycles. The van der Waals surface area contributed by atoms with Crippen molar-refractivity contribution in [3.8, 4) is 6.07 Å². The van der Waals surface area contributed by atoms with Crippen molar-refractivity contribution in [3.63, 3.8) is 0 Å². The quantitative estimate of drug-likeness (QED) is 0.0230. The fraction of sp³-hybridized carbons (Fsp3) is 0.795. The zero-order chi connectivity index (χ0) is 33.8. The molecule has 0 radical (unpaired) electrons. The third kappa shape index (κ3) is 32.8. The summed E-state index contributed by atoms with van der Waals surface area (Å²) in [6.07, 6.45) is 36.7. The summed E-state index contributed by atoms with van der Waals surface area (Å²) in [6, 6.07) is 1.37. The zero-order valence-corrected chi connectivity index (χ0v) is 29.6. The predicted molar refractivity (Wildman–Crippen MR) is 187 cm³/mol. The molecule has 0 aromatic rings. The minimum atomic E-state index is -1.06. The standard InChI is InChI=1S/C39H67NO6/c1-3-5-7-9-11-13-15-17-18-20-22-24-26-28-30-32-38(42)46-36(35-45-39(43)33-40)34-44-37(41)31-29-27-25-23-21-19-16-14-12-10-8-6-4-2/h11,13,17-18,36H,3-10,12,14-16,19-32,34-35H2,1-2H3/b13-11-,18-17-. The summed E-state index contributed by atoms with van der Waals surface area (Å²) in [5, 5.41) is 8.67. The molecule has 0 bridgehead atoms.